The third kappa shape index (κ3) is 3.57. The summed E-state index contributed by atoms with van der Waals surface area (Å²) in [5.74, 6) is 2.12. The molecule has 0 spiro atoms. The zero-order chi connectivity index (χ0) is 19.8. The molecule has 8 heteroatoms. The number of fused-ring (bicyclic) bond motifs is 2. The summed E-state index contributed by atoms with van der Waals surface area (Å²) in [6, 6.07) is 19.0. The van der Waals surface area contributed by atoms with Gasteiger partial charge in [-0.25, -0.2) is 4.98 Å². The van der Waals surface area contributed by atoms with Crippen molar-refractivity contribution in [2.45, 2.75) is 0 Å². The Kier molecular flexibility index (Phi) is 4.46. The second-order valence-corrected chi connectivity index (χ2v) is 7.26. The minimum atomic E-state index is 0.233. The summed E-state index contributed by atoms with van der Waals surface area (Å²) in [6.45, 7) is 0.233. The van der Waals surface area contributed by atoms with E-state index in [-0.39, 0.29) is 6.79 Å². The monoisotopic (exact) mass is 422 g/mol. The first kappa shape index (κ1) is 17.8. The predicted molar refractivity (Wildman–Crippen MR) is 119 cm³/mol. The van der Waals surface area contributed by atoms with Crippen LogP contribution in [0.25, 0.3) is 22.4 Å². The Bertz CT molecular complexity index is 1210. The maximum absolute atomic E-state index is 6.42. The van der Waals surface area contributed by atoms with Crippen molar-refractivity contribution in [3.05, 3.63) is 65.7 Å². The van der Waals surface area contributed by atoms with Crippen molar-refractivity contribution < 1.29 is 9.47 Å². The highest BCUT2D eigenvalue weighted by molar-refractivity contribution is 7.80. The van der Waals surface area contributed by atoms with Crippen LogP contribution in [0.5, 0.6) is 11.5 Å². The Balaban J connectivity index is 1.36. The van der Waals surface area contributed by atoms with Crippen LogP contribution in [0.3, 0.4) is 0 Å². The molecule has 144 valence electrons. The van der Waals surface area contributed by atoms with E-state index in [0.29, 0.717) is 21.7 Å². The van der Waals surface area contributed by atoms with E-state index < -0.39 is 0 Å². The van der Waals surface area contributed by atoms with Crippen LogP contribution < -0.4 is 20.1 Å². The van der Waals surface area contributed by atoms with Gasteiger partial charge >= 0.3 is 0 Å². The normalized spacial score (nSPS) is 12.2. The molecule has 0 aliphatic carbocycles. The molecule has 3 aromatic carbocycles. The number of halogens is 1. The molecule has 0 amide bonds. The zero-order valence-corrected chi connectivity index (χ0v) is 16.6. The number of H-pyrrole nitrogens is 1. The molecule has 29 heavy (non-hydrogen) atoms. The van der Waals surface area contributed by atoms with Gasteiger partial charge in [-0.2, -0.15) is 0 Å². The average Bonchev–Trinajstić information content (AvgIpc) is 3.35. The molecule has 0 radical (unpaired) electrons. The van der Waals surface area contributed by atoms with E-state index in [1.165, 1.54) is 0 Å². The van der Waals surface area contributed by atoms with Crippen LogP contribution in [0.15, 0.2) is 60.7 Å². The first-order valence-electron chi connectivity index (χ1n) is 8.88. The molecule has 4 aromatic rings. The molecule has 0 saturated carbocycles. The Hall–Kier alpha value is -3.29. The summed E-state index contributed by atoms with van der Waals surface area (Å²) in [4.78, 5) is 7.92. The molecule has 1 aliphatic rings. The Labute approximate surface area is 176 Å². The second kappa shape index (κ2) is 7.27. The average molecular weight is 423 g/mol. The standard InChI is InChI=1S/C21H15ClN4O2S/c22-15-7-5-12(9-14(15)20-25-16-3-1-2-4-17(16)26-20)23-21(29)24-13-6-8-18-19(10-13)28-11-27-18/h1-10H,11H2,(H,25,26)(H2,23,24,29). The number of benzene rings is 3. The predicted octanol–water partition coefficient (Wildman–Crippen LogP) is 5.42. The van der Waals surface area contributed by atoms with Gasteiger partial charge in [0, 0.05) is 23.0 Å². The van der Waals surface area contributed by atoms with Crippen LogP contribution in [0.1, 0.15) is 0 Å². The fourth-order valence-corrected chi connectivity index (χ4v) is 3.58. The number of thiocarbonyl (C=S) groups is 1. The number of ether oxygens (including phenoxy) is 2. The van der Waals surface area contributed by atoms with Crippen molar-refractivity contribution in [1.29, 1.82) is 0 Å². The highest BCUT2D eigenvalue weighted by atomic mass is 35.5. The quantitative estimate of drug-likeness (QED) is 0.383. The molecule has 0 atom stereocenters. The van der Waals surface area contributed by atoms with Gasteiger partial charge in [0.05, 0.1) is 16.1 Å². The number of rotatable bonds is 3. The summed E-state index contributed by atoms with van der Waals surface area (Å²) in [5, 5.41) is 7.37. The zero-order valence-electron chi connectivity index (χ0n) is 15.0. The van der Waals surface area contributed by atoms with E-state index in [9.17, 15) is 0 Å². The molecule has 2 heterocycles. The smallest absolute Gasteiger partial charge is 0.231 e. The van der Waals surface area contributed by atoms with Crippen LogP contribution in [-0.2, 0) is 0 Å². The number of para-hydroxylation sites is 2. The minimum absolute atomic E-state index is 0.233. The number of hydrogen-bond acceptors (Lipinski definition) is 4. The van der Waals surface area contributed by atoms with Crippen molar-refractivity contribution in [3.8, 4) is 22.9 Å². The maximum atomic E-state index is 6.42. The molecule has 5 rings (SSSR count). The molecule has 0 bridgehead atoms. The van der Waals surface area contributed by atoms with Gasteiger partial charge in [-0.15, -0.1) is 0 Å². The lowest BCUT2D eigenvalue weighted by atomic mass is 10.2. The third-order valence-corrected chi connectivity index (χ3v) is 5.03. The topological polar surface area (TPSA) is 71.2 Å². The first-order valence-corrected chi connectivity index (χ1v) is 9.67. The van der Waals surface area contributed by atoms with Gasteiger partial charge in [-0.05, 0) is 54.7 Å². The van der Waals surface area contributed by atoms with E-state index in [0.717, 1.165) is 33.7 Å². The van der Waals surface area contributed by atoms with E-state index in [1.54, 1.807) is 0 Å². The van der Waals surface area contributed by atoms with Crippen LogP contribution >= 0.6 is 23.8 Å². The van der Waals surface area contributed by atoms with Crippen LogP contribution in [0.2, 0.25) is 5.02 Å². The Morgan fingerprint density at radius 3 is 2.59 bits per heavy atom. The largest absolute Gasteiger partial charge is 0.454 e. The Morgan fingerprint density at radius 2 is 1.72 bits per heavy atom. The molecule has 6 nitrogen and oxygen atoms in total. The summed E-state index contributed by atoms with van der Waals surface area (Å²) in [7, 11) is 0. The lowest BCUT2D eigenvalue weighted by Gasteiger charge is -2.12. The van der Waals surface area contributed by atoms with Gasteiger partial charge in [0.1, 0.15) is 5.82 Å². The SMILES string of the molecule is S=C(Nc1ccc2c(c1)OCO2)Nc1ccc(Cl)c(-c2nc3ccccc3[nH]2)c1. The number of nitrogens with zero attached hydrogens (tertiary/aromatic N) is 1. The molecule has 0 fully saturated rings. The van der Waals surface area contributed by atoms with E-state index in [1.807, 2.05) is 60.7 Å². The number of aromatic nitrogens is 2. The molecular formula is C21H15ClN4O2S. The van der Waals surface area contributed by atoms with E-state index in [2.05, 4.69) is 20.6 Å². The summed E-state index contributed by atoms with van der Waals surface area (Å²) in [5.41, 5.74) is 4.23. The van der Waals surface area contributed by atoms with Gasteiger partial charge in [-0.1, -0.05) is 23.7 Å². The summed E-state index contributed by atoms with van der Waals surface area (Å²) < 4.78 is 10.7. The lowest BCUT2D eigenvalue weighted by molar-refractivity contribution is 0.174. The highest BCUT2D eigenvalue weighted by Gasteiger charge is 2.14. The summed E-state index contributed by atoms with van der Waals surface area (Å²) >= 11 is 11.9. The number of hydrogen-bond donors (Lipinski definition) is 3. The van der Waals surface area contributed by atoms with Gasteiger partial charge in [0.2, 0.25) is 6.79 Å². The van der Waals surface area contributed by atoms with Gasteiger partial charge in [0.15, 0.2) is 16.6 Å². The van der Waals surface area contributed by atoms with Gasteiger partial charge in [0.25, 0.3) is 0 Å². The molecular weight excluding hydrogens is 408 g/mol. The first-order chi connectivity index (χ1) is 14.2. The molecule has 0 unspecified atom stereocenters. The van der Waals surface area contributed by atoms with Crippen molar-refractivity contribution in [2.24, 2.45) is 0 Å². The lowest BCUT2D eigenvalue weighted by Crippen LogP contribution is -2.19. The number of aromatic amines is 1. The Morgan fingerprint density at radius 1 is 0.966 bits per heavy atom. The highest BCUT2D eigenvalue weighted by Crippen LogP contribution is 2.34. The van der Waals surface area contributed by atoms with E-state index in [4.69, 9.17) is 33.3 Å². The fourth-order valence-electron chi connectivity index (χ4n) is 3.13. The number of nitrogens with one attached hydrogen (secondary N) is 3. The molecule has 1 aromatic heterocycles. The maximum Gasteiger partial charge on any atom is 0.231 e. The van der Waals surface area contributed by atoms with Crippen molar-refractivity contribution in [2.75, 3.05) is 17.4 Å². The van der Waals surface area contributed by atoms with Crippen LogP contribution in [0, 0.1) is 0 Å². The van der Waals surface area contributed by atoms with Crippen molar-refractivity contribution in [3.63, 3.8) is 0 Å². The van der Waals surface area contributed by atoms with Crippen LogP contribution in [-0.4, -0.2) is 21.9 Å². The molecule has 1 aliphatic heterocycles. The van der Waals surface area contributed by atoms with E-state index >= 15 is 0 Å². The van der Waals surface area contributed by atoms with Crippen molar-refractivity contribution in [1.82, 2.24) is 9.97 Å². The minimum Gasteiger partial charge on any atom is -0.454 e. The van der Waals surface area contributed by atoms with Gasteiger partial charge in [-0.3, -0.25) is 0 Å². The molecule has 3 N–H and O–H groups in total. The summed E-state index contributed by atoms with van der Waals surface area (Å²) in [6.07, 6.45) is 0. The van der Waals surface area contributed by atoms with Crippen LogP contribution in [0.4, 0.5) is 11.4 Å². The number of imidazole rings is 1. The number of anilines is 2. The fraction of sp³-hybridized carbons (Fsp3) is 0.0476. The van der Waals surface area contributed by atoms with Crippen molar-refractivity contribution >= 4 is 51.3 Å². The molecule has 0 saturated heterocycles. The van der Waals surface area contributed by atoms with Gasteiger partial charge < -0.3 is 25.1 Å². The second-order valence-electron chi connectivity index (χ2n) is 6.44. The third-order valence-electron chi connectivity index (χ3n) is 4.50.